The van der Waals surface area contributed by atoms with Gasteiger partial charge in [-0.25, -0.2) is 0 Å². The molecule has 0 bridgehead atoms. The predicted octanol–water partition coefficient (Wildman–Crippen LogP) is 3.69. The van der Waals surface area contributed by atoms with E-state index in [0.717, 1.165) is 15.5 Å². The molecule has 0 aliphatic rings. The van der Waals surface area contributed by atoms with E-state index in [1.54, 1.807) is 7.11 Å². The zero-order valence-corrected chi connectivity index (χ0v) is 15.6. The Hall–Kier alpha value is -2.12. The molecule has 0 unspecified atom stereocenters. The summed E-state index contributed by atoms with van der Waals surface area (Å²) in [6.07, 6.45) is 1.93. The van der Waals surface area contributed by atoms with Crippen LogP contribution in [-0.2, 0) is 14.3 Å². The molecule has 0 saturated carbocycles. The van der Waals surface area contributed by atoms with Gasteiger partial charge in [0.25, 0.3) is 5.91 Å². The Labute approximate surface area is 155 Å². The van der Waals surface area contributed by atoms with Crippen molar-refractivity contribution < 1.29 is 19.1 Å². The molecular formula is C18H19NO4S2. The summed E-state index contributed by atoms with van der Waals surface area (Å²) in [5.41, 5.74) is 0.712. The molecule has 2 aromatic carbocycles. The number of amides is 1. The normalized spacial score (nSPS) is 10.2. The van der Waals surface area contributed by atoms with Gasteiger partial charge in [-0.05, 0) is 42.7 Å². The average molecular weight is 377 g/mol. The quantitative estimate of drug-likeness (QED) is 0.559. The first-order valence-electron chi connectivity index (χ1n) is 7.47. The number of anilines is 1. The van der Waals surface area contributed by atoms with E-state index in [1.807, 2.05) is 54.8 Å². The summed E-state index contributed by atoms with van der Waals surface area (Å²) >= 11 is 2.88. The molecule has 132 valence electrons. The minimum absolute atomic E-state index is 0.140. The van der Waals surface area contributed by atoms with E-state index in [-0.39, 0.29) is 18.3 Å². The van der Waals surface area contributed by atoms with Crippen LogP contribution in [0.4, 0.5) is 5.69 Å². The Morgan fingerprint density at radius 1 is 1.08 bits per heavy atom. The minimum atomic E-state index is -0.436. The van der Waals surface area contributed by atoms with Crippen molar-refractivity contribution in [1.82, 2.24) is 0 Å². The van der Waals surface area contributed by atoms with Gasteiger partial charge < -0.3 is 14.8 Å². The van der Waals surface area contributed by atoms with Gasteiger partial charge in [0.2, 0.25) is 0 Å². The number of nitrogens with one attached hydrogen (secondary N) is 1. The van der Waals surface area contributed by atoms with E-state index in [4.69, 9.17) is 9.47 Å². The third-order valence-corrected chi connectivity index (χ3v) is 4.94. The summed E-state index contributed by atoms with van der Waals surface area (Å²) in [5.74, 6) is 0.105. The van der Waals surface area contributed by atoms with Crippen LogP contribution in [0.15, 0.2) is 58.3 Å². The van der Waals surface area contributed by atoms with Crippen molar-refractivity contribution in [3.63, 3.8) is 0 Å². The summed E-state index contributed by atoms with van der Waals surface area (Å²) in [4.78, 5) is 25.6. The predicted molar refractivity (Wildman–Crippen MR) is 102 cm³/mol. The summed E-state index contributed by atoms with van der Waals surface area (Å²) < 4.78 is 10.1. The summed E-state index contributed by atoms with van der Waals surface area (Å²) in [6.45, 7) is -0.301. The highest BCUT2D eigenvalue weighted by Gasteiger charge is 2.10. The van der Waals surface area contributed by atoms with Crippen molar-refractivity contribution in [3.8, 4) is 5.75 Å². The SMILES string of the molecule is COc1ccc(SCC(=O)OCC(=O)Nc2ccccc2SC)cc1. The van der Waals surface area contributed by atoms with Gasteiger partial charge in [0.15, 0.2) is 6.61 Å². The number of rotatable bonds is 8. The second kappa shape index (κ2) is 10.0. The lowest BCUT2D eigenvalue weighted by Gasteiger charge is -2.09. The first-order chi connectivity index (χ1) is 12.1. The lowest BCUT2D eigenvalue weighted by Crippen LogP contribution is -2.21. The number of ether oxygens (including phenoxy) is 2. The smallest absolute Gasteiger partial charge is 0.316 e. The van der Waals surface area contributed by atoms with Gasteiger partial charge in [-0.1, -0.05) is 12.1 Å². The highest BCUT2D eigenvalue weighted by molar-refractivity contribution is 8.00. The highest BCUT2D eigenvalue weighted by atomic mass is 32.2. The fraction of sp³-hybridized carbons (Fsp3) is 0.222. The number of hydrogen-bond donors (Lipinski definition) is 1. The van der Waals surface area contributed by atoms with Gasteiger partial charge in [-0.2, -0.15) is 0 Å². The van der Waals surface area contributed by atoms with Crippen LogP contribution in [0.5, 0.6) is 5.75 Å². The molecule has 0 aliphatic heterocycles. The summed E-state index contributed by atoms with van der Waals surface area (Å²) in [5, 5.41) is 2.75. The van der Waals surface area contributed by atoms with Crippen LogP contribution in [0.3, 0.4) is 0 Å². The van der Waals surface area contributed by atoms with Crippen molar-refractivity contribution in [2.75, 3.05) is 31.0 Å². The molecule has 0 radical (unpaired) electrons. The average Bonchev–Trinajstić information content (AvgIpc) is 2.65. The number of benzene rings is 2. The van der Waals surface area contributed by atoms with E-state index in [1.165, 1.54) is 23.5 Å². The van der Waals surface area contributed by atoms with E-state index in [2.05, 4.69) is 5.32 Å². The third-order valence-electron chi connectivity index (χ3n) is 3.16. The maximum absolute atomic E-state index is 11.9. The molecule has 2 aromatic rings. The van der Waals surface area contributed by atoms with Crippen molar-refractivity contribution in [1.29, 1.82) is 0 Å². The molecular weight excluding hydrogens is 358 g/mol. The van der Waals surface area contributed by atoms with Gasteiger partial charge in [0.05, 0.1) is 18.6 Å². The van der Waals surface area contributed by atoms with Crippen LogP contribution >= 0.6 is 23.5 Å². The second-order valence-corrected chi connectivity index (χ2v) is 6.77. The van der Waals surface area contributed by atoms with Gasteiger partial charge in [0.1, 0.15) is 5.75 Å². The molecule has 0 heterocycles. The van der Waals surface area contributed by atoms with Crippen molar-refractivity contribution >= 4 is 41.1 Å². The Morgan fingerprint density at radius 3 is 2.48 bits per heavy atom. The van der Waals surface area contributed by atoms with Gasteiger partial charge in [-0.3, -0.25) is 9.59 Å². The van der Waals surface area contributed by atoms with E-state index in [9.17, 15) is 9.59 Å². The zero-order chi connectivity index (χ0) is 18.1. The number of para-hydroxylation sites is 1. The van der Waals surface area contributed by atoms with Crippen LogP contribution in [0.2, 0.25) is 0 Å². The minimum Gasteiger partial charge on any atom is -0.497 e. The monoisotopic (exact) mass is 377 g/mol. The third kappa shape index (κ3) is 6.36. The molecule has 2 rings (SSSR count). The van der Waals surface area contributed by atoms with E-state index in [0.29, 0.717) is 5.69 Å². The van der Waals surface area contributed by atoms with E-state index < -0.39 is 5.97 Å². The maximum atomic E-state index is 11.9. The van der Waals surface area contributed by atoms with Crippen molar-refractivity contribution in [3.05, 3.63) is 48.5 Å². The number of thioether (sulfide) groups is 2. The molecule has 5 nitrogen and oxygen atoms in total. The molecule has 1 amide bonds. The second-order valence-electron chi connectivity index (χ2n) is 4.87. The molecule has 0 saturated heterocycles. The standard InChI is InChI=1S/C18H19NO4S2/c1-22-13-7-9-14(10-8-13)25-12-18(21)23-11-17(20)19-15-5-3-4-6-16(15)24-2/h3-10H,11-12H2,1-2H3,(H,19,20). The molecule has 0 spiro atoms. The van der Waals surface area contributed by atoms with Gasteiger partial charge in [-0.15, -0.1) is 23.5 Å². The number of carbonyl (C=O) groups is 2. The fourth-order valence-electron chi connectivity index (χ4n) is 1.94. The molecule has 0 aromatic heterocycles. The maximum Gasteiger partial charge on any atom is 0.316 e. The van der Waals surface area contributed by atoms with Crippen molar-refractivity contribution in [2.45, 2.75) is 9.79 Å². The number of esters is 1. The topological polar surface area (TPSA) is 64.6 Å². The first kappa shape index (κ1) is 19.2. The van der Waals surface area contributed by atoms with Crippen LogP contribution in [0, 0.1) is 0 Å². The molecule has 7 heteroatoms. The number of methoxy groups -OCH3 is 1. The van der Waals surface area contributed by atoms with Gasteiger partial charge >= 0.3 is 5.97 Å². The Balaban J connectivity index is 1.74. The number of carbonyl (C=O) groups excluding carboxylic acids is 2. The lowest BCUT2D eigenvalue weighted by molar-refractivity contribution is -0.144. The summed E-state index contributed by atoms with van der Waals surface area (Å²) in [7, 11) is 1.60. The fourth-order valence-corrected chi connectivity index (χ4v) is 3.19. The number of hydrogen-bond acceptors (Lipinski definition) is 6. The Kier molecular flexibility index (Phi) is 7.69. The largest absolute Gasteiger partial charge is 0.497 e. The van der Waals surface area contributed by atoms with E-state index >= 15 is 0 Å². The molecule has 1 N–H and O–H groups in total. The molecule has 0 aliphatic carbocycles. The first-order valence-corrected chi connectivity index (χ1v) is 9.68. The van der Waals surface area contributed by atoms with Crippen LogP contribution < -0.4 is 10.1 Å². The molecule has 25 heavy (non-hydrogen) atoms. The highest BCUT2D eigenvalue weighted by Crippen LogP contribution is 2.24. The molecule has 0 fully saturated rings. The van der Waals surface area contributed by atoms with Crippen LogP contribution in [-0.4, -0.2) is 37.6 Å². The zero-order valence-electron chi connectivity index (χ0n) is 14.0. The Morgan fingerprint density at radius 2 is 1.80 bits per heavy atom. The van der Waals surface area contributed by atoms with Crippen LogP contribution in [0.25, 0.3) is 0 Å². The van der Waals surface area contributed by atoms with Crippen LogP contribution in [0.1, 0.15) is 0 Å². The lowest BCUT2D eigenvalue weighted by atomic mass is 10.3. The summed E-state index contributed by atoms with van der Waals surface area (Å²) in [6, 6.07) is 14.8. The molecule has 0 atom stereocenters. The van der Waals surface area contributed by atoms with Gasteiger partial charge in [0, 0.05) is 9.79 Å². The Bertz CT molecular complexity index is 719. The van der Waals surface area contributed by atoms with Crippen molar-refractivity contribution in [2.24, 2.45) is 0 Å².